The van der Waals surface area contributed by atoms with Crippen molar-refractivity contribution in [1.29, 1.82) is 0 Å². The van der Waals surface area contributed by atoms with Gasteiger partial charge in [0.25, 0.3) is 5.56 Å². The highest BCUT2D eigenvalue weighted by molar-refractivity contribution is 8.02. The highest BCUT2D eigenvalue weighted by atomic mass is 32.2. The normalized spacial score (nSPS) is 16.3. The van der Waals surface area contributed by atoms with Crippen molar-refractivity contribution in [2.24, 2.45) is 0 Å². The van der Waals surface area contributed by atoms with Crippen molar-refractivity contribution >= 4 is 17.7 Å². The minimum atomic E-state index is -0.678. The van der Waals surface area contributed by atoms with Crippen LogP contribution in [0.5, 0.6) is 0 Å². The predicted molar refractivity (Wildman–Crippen MR) is 91.4 cm³/mol. The average Bonchev–Trinajstić information content (AvgIpc) is 2.58. The topological polar surface area (TPSA) is 48.3 Å². The molecule has 0 N–H and O–H groups in total. The largest absolute Gasteiger partial charge is 0.465 e. The molecule has 6 heteroatoms. The van der Waals surface area contributed by atoms with Crippen LogP contribution in [0.4, 0.5) is 4.39 Å². The van der Waals surface area contributed by atoms with E-state index in [4.69, 9.17) is 4.74 Å². The Labute approximate surface area is 143 Å². The van der Waals surface area contributed by atoms with Crippen molar-refractivity contribution in [1.82, 2.24) is 4.57 Å². The van der Waals surface area contributed by atoms with Crippen LogP contribution in [-0.4, -0.2) is 17.6 Å². The highest BCUT2D eigenvalue weighted by Crippen LogP contribution is 2.40. The van der Waals surface area contributed by atoms with Gasteiger partial charge in [0, 0.05) is 11.6 Å². The molecule has 3 rings (SSSR count). The molecule has 0 radical (unpaired) electrons. The zero-order chi connectivity index (χ0) is 17.4. The monoisotopic (exact) mass is 345 g/mol. The molecule has 124 valence electrons. The maximum absolute atomic E-state index is 13.2. The molecule has 0 bridgehead atoms. The number of pyridine rings is 1. The first-order valence-electron chi connectivity index (χ1n) is 7.41. The molecule has 1 aliphatic heterocycles. The molecule has 1 aliphatic rings. The van der Waals surface area contributed by atoms with E-state index in [0.29, 0.717) is 5.69 Å². The lowest BCUT2D eigenvalue weighted by atomic mass is 9.94. The van der Waals surface area contributed by atoms with Gasteiger partial charge in [-0.25, -0.2) is 9.18 Å². The third kappa shape index (κ3) is 2.67. The zero-order valence-corrected chi connectivity index (χ0v) is 14.3. The van der Waals surface area contributed by atoms with E-state index in [-0.39, 0.29) is 17.3 Å². The molecular weight excluding hydrogens is 329 g/mol. The number of methoxy groups -OCH3 is 1. The summed E-state index contributed by atoms with van der Waals surface area (Å²) < 4.78 is 19.4. The standard InChI is InChI=1S/C18H16FNO3S/c1-10-9-24-17-14(11(10)2)8-15(18(22)23-3)16(21)20(17)13-6-4-12(19)5-7-13/h4-9,11H,1-3H3. The van der Waals surface area contributed by atoms with E-state index >= 15 is 0 Å². The third-order valence-electron chi connectivity index (χ3n) is 4.18. The molecule has 1 atom stereocenters. The second-order valence-corrected chi connectivity index (χ2v) is 6.49. The number of benzene rings is 1. The van der Waals surface area contributed by atoms with E-state index in [1.807, 2.05) is 19.3 Å². The van der Waals surface area contributed by atoms with Crippen LogP contribution in [0.3, 0.4) is 0 Å². The molecule has 0 aliphatic carbocycles. The van der Waals surface area contributed by atoms with Gasteiger partial charge in [-0.15, -0.1) is 0 Å². The summed E-state index contributed by atoms with van der Waals surface area (Å²) in [6.07, 6.45) is 0. The number of hydrogen-bond donors (Lipinski definition) is 0. The van der Waals surface area contributed by atoms with Crippen LogP contribution in [0.15, 0.2) is 51.1 Å². The molecule has 1 unspecified atom stereocenters. The first-order chi connectivity index (χ1) is 11.4. The lowest BCUT2D eigenvalue weighted by Crippen LogP contribution is -2.29. The Morgan fingerprint density at radius 2 is 1.96 bits per heavy atom. The number of carbonyl (C=O) groups excluding carboxylic acids is 1. The number of esters is 1. The number of hydrogen-bond acceptors (Lipinski definition) is 4. The molecule has 0 spiro atoms. The van der Waals surface area contributed by atoms with E-state index in [9.17, 15) is 14.0 Å². The molecular formula is C18H16FNO3S. The maximum atomic E-state index is 13.2. The van der Waals surface area contributed by atoms with Crippen LogP contribution in [0.1, 0.15) is 35.7 Å². The fourth-order valence-corrected chi connectivity index (χ4v) is 3.80. The van der Waals surface area contributed by atoms with Crippen molar-refractivity contribution in [3.8, 4) is 5.69 Å². The molecule has 1 aromatic heterocycles. The summed E-state index contributed by atoms with van der Waals surface area (Å²) in [5, 5.41) is 2.72. The number of ether oxygens (including phenoxy) is 1. The van der Waals surface area contributed by atoms with Crippen LogP contribution in [0.25, 0.3) is 5.69 Å². The summed E-state index contributed by atoms with van der Waals surface area (Å²) in [6.45, 7) is 4.02. The van der Waals surface area contributed by atoms with Crippen LogP contribution in [-0.2, 0) is 4.74 Å². The first-order valence-corrected chi connectivity index (χ1v) is 8.29. The summed E-state index contributed by atoms with van der Waals surface area (Å²) in [5.41, 5.74) is 2.04. The number of fused-ring (bicyclic) bond motifs is 1. The van der Waals surface area contributed by atoms with Gasteiger partial charge in [-0.2, -0.15) is 0 Å². The maximum Gasteiger partial charge on any atom is 0.343 e. The molecule has 1 aromatic carbocycles. The summed E-state index contributed by atoms with van der Waals surface area (Å²) in [4.78, 5) is 24.9. The van der Waals surface area contributed by atoms with Gasteiger partial charge < -0.3 is 4.74 Å². The molecule has 2 aromatic rings. The predicted octanol–water partition coefficient (Wildman–Crippen LogP) is 3.88. The summed E-state index contributed by atoms with van der Waals surface area (Å²) in [5.74, 6) is -0.999. The zero-order valence-electron chi connectivity index (χ0n) is 13.5. The van der Waals surface area contributed by atoms with Crippen LogP contribution in [0, 0.1) is 5.82 Å². The Balaban J connectivity index is 2.34. The van der Waals surface area contributed by atoms with E-state index in [0.717, 1.165) is 16.2 Å². The molecule has 0 saturated carbocycles. The minimum Gasteiger partial charge on any atom is -0.465 e. The number of rotatable bonds is 2. The quantitative estimate of drug-likeness (QED) is 0.775. The van der Waals surface area contributed by atoms with E-state index in [1.165, 1.54) is 47.7 Å². The number of carbonyl (C=O) groups is 1. The van der Waals surface area contributed by atoms with Gasteiger partial charge in [0.05, 0.1) is 12.1 Å². The second kappa shape index (κ2) is 6.28. The van der Waals surface area contributed by atoms with Crippen LogP contribution < -0.4 is 5.56 Å². The van der Waals surface area contributed by atoms with Gasteiger partial charge in [0.1, 0.15) is 11.4 Å². The molecule has 2 heterocycles. The number of aromatic nitrogens is 1. The van der Waals surface area contributed by atoms with E-state index in [2.05, 4.69) is 0 Å². The summed E-state index contributed by atoms with van der Waals surface area (Å²) in [6, 6.07) is 7.23. The molecule has 0 amide bonds. The number of allylic oxidation sites excluding steroid dienone is 1. The summed E-state index contributed by atoms with van der Waals surface area (Å²) in [7, 11) is 1.24. The lowest BCUT2D eigenvalue weighted by molar-refractivity contribution is 0.0598. The van der Waals surface area contributed by atoms with Gasteiger partial charge in [-0.05, 0) is 48.2 Å². The summed E-state index contributed by atoms with van der Waals surface area (Å²) >= 11 is 1.42. The smallest absolute Gasteiger partial charge is 0.343 e. The fourth-order valence-electron chi connectivity index (χ4n) is 2.63. The number of nitrogens with zero attached hydrogens (tertiary/aromatic N) is 1. The Morgan fingerprint density at radius 1 is 1.29 bits per heavy atom. The second-order valence-electron chi connectivity index (χ2n) is 5.63. The third-order valence-corrected chi connectivity index (χ3v) is 5.31. The Hall–Kier alpha value is -2.34. The van der Waals surface area contributed by atoms with Crippen molar-refractivity contribution in [3.63, 3.8) is 0 Å². The van der Waals surface area contributed by atoms with Gasteiger partial charge in [-0.1, -0.05) is 24.3 Å². The highest BCUT2D eigenvalue weighted by Gasteiger charge is 2.26. The van der Waals surface area contributed by atoms with Gasteiger partial charge >= 0.3 is 5.97 Å². The molecule has 0 saturated heterocycles. The van der Waals surface area contributed by atoms with Crippen molar-refractivity contribution in [2.45, 2.75) is 24.8 Å². The SMILES string of the molecule is COC(=O)c1cc2c(n(-c3ccc(F)cc3)c1=O)SC=C(C)C2C. The molecule has 4 nitrogen and oxygen atoms in total. The van der Waals surface area contributed by atoms with Crippen LogP contribution in [0.2, 0.25) is 0 Å². The minimum absolute atomic E-state index is 0.0253. The fraction of sp³-hybridized carbons (Fsp3) is 0.222. The van der Waals surface area contributed by atoms with Gasteiger partial charge in [0.2, 0.25) is 0 Å². The molecule has 0 fully saturated rings. The Bertz CT molecular complexity index is 900. The van der Waals surface area contributed by atoms with Crippen molar-refractivity contribution in [3.05, 3.63) is 68.6 Å². The van der Waals surface area contributed by atoms with Gasteiger partial charge in [-0.3, -0.25) is 9.36 Å². The first kappa shape index (κ1) is 16.5. The van der Waals surface area contributed by atoms with Crippen molar-refractivity contribution in [2.75, 3.05) is 7.11 Å². The number of halogens is 1. The average molecular weight is 345 g/mol. The van der Waals surface area contributed by atoms with Crippen molar-refractivity contribution < 1.29 is 13.9 Å². The Kier molecular flexibility index (Phi) is 4.32. The molecule has 24 heavy (non-hydrogen) atoms. The van der Waals surface area contributed by atoms with E-state index in [1.54, 1.807) is 6.07 Å². The number of thioether (sulfide) groups is 1. The van der Waals surface area contributed by atoms with Crippen LogP contribution >= 0.6 is 11.8 Å². The van der Waals surface area contributed by atoms with Gasteiger partial charge in [0.15, 0.2) is 0 Å². The Morgan fingerprint density at radius 3 is 2.58 bits per heavy atom. The van der Waals surface area contributed by atoms with E-state index < -0.39 is 11.5 Å². The lowest BCUT2D eigenvalue weighted by Gasteiger charge is -2.25.